The van der Waals surface area contributed by atoms with Gasteiger partial charge in [-0.2, -0.15) is 0 Å². The van der Waals surface area contributed by atoms with Crippen molar-refractivity contribution in [2.45, 2.75) is 62.3 Å². The van der Waals surface area contributed by atoms with Crippen molar-refractivity contribution in [2.24, 2.45) is 11.8 Å². The normalized spacial score (nSPS) is 13.8. The maximum atomic E-state index is 11.9. The number of carbonyl (C=O) groups excluding carboxylic acids is 2. The van der Waals surface area contributed by atoms with Crippen molar-refractivity contribution in [3.63, 3.8) is 0 Å². The van der Waals surface area contributed by atoms with Gasteiger partial charge in [0.2, 0.25) is 11.8 Å². The summed E-state index contributed by atoms with van der Waals surface area (Å²) >= 11 is 4.15. The molecule has 6 nitrogen and oxygen atoms in total. The SMILES string of the molecule is CC(C)[C@H](C)NC(=O)CSc1nnc(SCC(=O)N[C@@H](C)C(C)C)s1. The second-order valence-electron chi connectivity index (χ2n) is 6.61. The Morgan fingerprint density at radius 1 is 0.840 bits per heavy atom. The van der Waals surface area contributed by atoms with Gasteiger partial charge >= 0.3 is 0 Å². The average molecular weight is 405 g/mol. The molecular weight excluding hydrogens is 376 g/mol. The number of nitrogens with zero attached hydrogens (tertiary/aromatic N) is 2. The number of carbonyl (C=O) groups is 2. The van der Waals surface area contributed by atoms with Crippen LogP contribution < -0.4 is 10.6 Å². The topological polar surface area (TPSA) is 84.0 Å². The Morgan fingerprint density at radius 3 is 1.52 bits per heavy atom. The smallest absolute Gasteiger partial charge is 0.230 e. The van der Waals surface area contributed by atoms with Crippen LogP contribution in [-0.4, -0.2) is 45.6 Å². The van der Waals surface area contributed by atoms with Crippen molar-refractivity contribution in [3.8, 4) is 0 Å². The van der Waals surface area contributed by atoms with E-state index in [-0.39, 0.29) is 23.9 Å². The summed E-state index contributed by atoms with van der Waals surface area (Å²) in [4.78, 5) is 23.8. The van der Waals surface area contributed by atoms with Crippen LogP contribution in [0.1, 0.15) is 41.5 Å². The monoisotopic (exact) mass is 404 g/mol. The van der Waals surface area contributed by atoms with Gasteiger partial charge in [0.05, 0.1) is 11.5 Å². The number of rotatable bonds is 10. The zero-order valence-electron chi connectivity index (χ0n) is 15.7. The predicted octanol–water partition coefficient (Wildman–Crippen LogP) is 3.04. The third-order valence-corrected chi connectivity index (χ3v) is 7.01. The van der Waals surface area contributed by atoms with Gasteiger partial charge in [0, 0.05) is 12.1 Å². The molecule has 25 heavy (non-hydrogen) atoms. The highest BCUT2D eigenvalue weighted by atomic mass is 32.2. The van der Waals surface area contributed by atoms with Gasteiger partial charge in [0.25, 0.3) is 0 Å². The van der Waals surface area contributed by atoms with E-state index in [1.165, 1.54) is 34.9 Å². The minimum atomic E-state index is -0.00217. The summed E-state index contributed by atoms with van der Waals surface area (Å²) in [6.07, 6.45) is 0. The third kappa shape index (κ3) is 8.91. The van der Waals surface area contributed by atoms with Gasteiger partial charge in [-0.05, 0) is 25.7 Å². The summed E-state index contributed by atoms with van der Waals surface area (Å²) in [6.45, 7) is 12.3. The molecule has 0 unspecified atom stereocenters. The van der Waals surface area contributed by atoms with Gasteiger partial charge in [-0.15, -0.1) is 10.2 Å². The van der Waals surface area contributed by atoms with Crippen molar-refractivity contribution in [1.29, 1.82) is 0 Å². The molecule has 0 aliphatic carbocycles. The molecule has 0 fully saturated rings. The van der Waals surface area contributed by atoms with E-state index in [9.17, 15) is 9.59 Å². The summed E-state index contributed by atoms with van der Waals surface area (Å²) in [7, 11) is 0. The lowest BCUT2D eigenvalue weighted by Crippen LogP contribution is -2.37. The number of hydrogen-bond acceptors (Lipinski definition) is 7. The molecular formula is C16H28N4O2S3. The first-order chi connectivity index (χ1) is 11.7. The molecule has 1 heterocycles. The zero-order valence-corrected chi connectivity index (χ0v) is 18.1. The predicted molar refractivity (Wildman–Crippen MR) is 106 cm³/mol. The molecule has 0 saturated heterocycles. The van der Waals surface area contributed by atoms with Crippen LogP contribution in [0.2, 0.25) is 0 Å². The highest BCUT2D eigenvalue weighted by Gasteiger charge is 2.14. The molecule has 0 saturated carbocycles. The van der Waals surface area contributed by atoms with E-state index in [0.717, 1.165) is 8.68 Å². The lowest BCUT2D eigenvalue weighted by atomic mass is 10.1. The van der Waals surface area contributed by atoms with Crippen LogP contribution in [0.25, 0.3) is 0 Å². The van der Waals surface area contributed by atoms with Crippen LogP contribution >= 0.6 is 34.9 Å². The minimum absolute atomic E-state index is 0.00217. The highest BCUT2D eigenvalue weighted by molar-refractivity contribution is 8.03. The summed E-state index contributed by atoms with van der Waals surface area (Å²) in [5.41, 5.74) is 0. The number of aromatic nitrogens is 2. The van der Waals surface area contributed by atoms with Crippen molar-refractivity contribution >= 4 is 46.7 Å². The molecule has 1 rings (SSSR count). The van der Waals surface area contributed by atoms with E-state index < -0.39 is 0 Å². The maximum absolute atomic E-state index is 11.9. The first-order valence-corrected chi connectivity index (χ1v) is 11.2. The fourth-order valence-electron chi connectivity index (χ4n) is 1.49. The van der Waals surface area contributed by atoms with Crippen LogP contribution in [0.5, 0.6) is 0 Å². The van der Waals surface area contributed by atoms with E-state index in [1.807, 2.05) is 13.8 Å². The number of hydrogen-bond donors (Lipinski definition) is 2. The lowest BCUT2D eigenvalue weighted by Gasteiger charge is -2.16. The molecule has 0 aliphatic rings. The highest BCUT2D eigenvalue weighted by Crippen LogP contribution is 2.28. The molecule has 0 spiro atoms. The number of amides is 2. The molecule has 2 atom stereocenters. The van der Waals surface area contributed by atoms with Crippen molar-refractivity contribution in [3.05, 3.63) is 0 Å². The molecule has 9 heteroatoms. The minimum Gasteiger partial charge on any atom is -0.353 e. The lowest BCUT2D eigenvalue weighted by molar-refractivity contribution is -0.120. The summed E-state index contributed by atoms with van der Waals surface area (Å²) in [5, 5.41) is 14.1. The first-order valence-electron chi connectivity index (χ1n) is 8.36. The second kappa shape index (κ2) is 11.0. The zero-order chi connectivity index (χ0) is 19.0. The molecule has 2 amide bonds. The fourth-order valence-corrected chi connectivity index (χ4v) is 4.14. The van der Waals surface area contributed by atoms with Gasteiger partial charge in [0.1, 0.15) is 0 Å². The van der Waals surface area contributed by atoms with E-state index in [0.29, 0.717) is 23.3 Å². The number of thioether (sulfide) groups is 2. The number of nitrogens with one attached hydrogen (secondary N) is 2. The van der Waals surface area contributed by atoms with Gasteiger partial charge in [-0.3, -0.25) is 9.59 Å². The Balaban J connectivity index is 2.34. The van der Waals surface area contributed by atoms with Crippen LogP contribution in [0.4, 0.5) is 0 Å². The Kier molecular flexibility index (Phi) is 9.81. The van der Waals surface area contributed by atoms with Gasteiger partial charge in [0.15, 0.2) is 8.68 Å². The Hall–Kier alpha value is -0.800. The molecule has 0 bridgehead atoms. The summed E-state index contributed by atoms with van der Waals surface area (Å²) < 4.78 is 1.48. The molecule has 0 aliphatic heterocycles. The average Bonchev–Trinajstić information content (AvgIpc) is 2.98. The van der Waals surface area contributed by atoms with E-state index in [1.54, 1.807) is 0 Å². The van der Waals surface area contributed by atoms with Crippen molar-refractivity contribution in [2.75, 3.05) is 11.5 Å². The molecule has 2 N–H and O–H groups in total. The van der Waals surface area contributed by atoms with Crippen LogP contribution in [-0.2, 0) is 9.59 Å². The van der Waals surface area contributed by atoms with Crippen molar-refractivity contribution in [1.82, 2.24) is 20.8 Å². The Bertz CT molecular complexity index is 517. The molecule has 1 aromatic heterocycles. The maximum Gasteiger partial charge on any atom is 0.230 e. The Labute approximate surface area is 162 Å². The molecule has 0 radical (unpaired) electrons. The van der Waals surface area contributed by atoms with Crippen molar-refractivity contribution < 1.29 is 9.59 Å². The summed E-state index contributed by atoms with van der Waals surface area (Å²) in [6, 6.07) is 0.306. The van der Waals surface area contributed by atoms with Gasteiger partial charge in [-0.25, -0.2) is 0 Å². The molecule has 142 valence electrons. The largest absolute Gasteiger partial charge is 0.353 e. The third-order valence-electron chi connectivity index (χ3n) is 3.82. The van der Waals surface area contributed by atoms with E-state index in [4.69, 9.17) is 0 Å². The first kappa shape index (κ1) is 22.2. The molecule has 0 aromatic carbocycles. The summed E-state index contributed by atoms with van der Waals surface area (Å²) in [5.74, 6) is 1.45. The van der Waals surface area contributed by atoms with E-state index in [2.05, 4.69) is 48.5 Å². The standard InChI is InChI=1S/C16H28N4O2S3/c1-9(2)11(5)17-13(21)7-23-15-19-20-16(25-15)24-8-14(22)18-12(6)10(3)4/h9-12H,7-8H2,1-6H3,(H,17,21)(H,18,22)/t11-,12-/m0/s1. The fraction of sp³-hybridized carbons (Fsp3) is 0.750. The van der Waals surface area contributed by atoms with Gasteiger partial charge < -0.3 is 10.6 Å². The van der Waals surface area contributed by atoms with Gasteiger partial charge in [-0.1, -0.05) is 62.6 Å². The Morgan fingerprint density at radius 2 is 1.20 bits per heavy atom. The van der Waals surface area contributed by atoms with Crippen LogP contribution in [0.15, 0.2) is 8.68 Å². The van der Waals surface area contributed by atoms with Crippen LogP contribution in [0.3, 0.4) is 0 Å². The second-order valence-corrected chi connectivity index (χ2v) is 10.0. The van der Waals surface area contributed by atoms with E-state index >= 15 is 0 Å². The quantitative estimate of drug-likeness (QED) is 0.583. The van der Waals surface area contributed by atoms with Crippen LogP contribution in [0, 0.1) is 11.8 Å². The molecule has 1 aromatic rings.